The number of hydrogen-bond acceptors (Lipinski definition) is 3. The van der Waals surface area contributed by atoms with E-state index in [0.717, 1.165) is 5.69 Å². The summed E-state index contributed by atoms with van der Waals surface area (Å²) in [5.41, 5.74) is 0.796. The third-order valence-corrected chi connectivity index (χ3v) is 2.85. The molecule has 0 fully saturated rings. The van der Waals surface area contributed by atoms with Crippen LogP contribution in [-0.2, 0) is 10.2 Å². The van der Waals surface area contributed by atoms with E-state index in [1.165, 1.54) is 4.90 Å². The van der Waals surface area contributed by atoms with Crippen LogP contribution in [-0.4, -0.2) is 46.0 Å². The summed E-state index contributed by atoms with van der Waals surface area (Å²) in [5, 5.41) is 9.74. The van der Waals surface area contributed by atoms with E-state index in [1.807, 2.05) is 41.5 Å². The molecule has 0 aliphatic carbocycles. The average molecular weight is 294 g/mol. The number of carbonyl (C=O) groups is 2. The lowest BCUT2D eigenvalue weighted by atomic mass is 9.92. The molecule has 118 valence electrons. The summed E-state index contributed by atoms with van der Waals surface area (Å²) in [5.74, 6) is -0.462. The third-order valence-electron chi connectivity index (χ3n) is 2.85. The van der Waals surface area contributed by atoms with Gasteiger partial charge in [-0.15, -0.1) is 0 Å². The van der Waals surface area contributed by atoms with Crippen LogP contribution in [0.15, 0.2) is 6.07 Å². The Bertz CT molecular complexity index is 521. The number of nitrogens with zero attached hydrogens (tertiary/aromatic N) is 2. The maximum atomic E-state index is 12.2. The van der Waals surface area contributed by atoms with Crippen molar-refractivity contribution in [3.8, 4) is 0 Å². The van der Waals surface area contributed by atoms with Crippen LogP contribution in [0.25, 0.3) is 0 Å². The van der Waals surface area contributed by atoms with Gasteiger partial charge in [-0.05, 0) is 26.8 Å². The fourth-order valence-electron chi connectivity index (χ4n) is 1.76. The summed E-state index contributed by atoms with van der Waals surface area (Å²) in [7, 11) is 1.59. The van der Waals surface area contributed by atoms with Crippen molar-refractivity contribution in [3.63, 3.8) is 0 Å². The maximum Gasteiger partial charge on any atom is 0.274 e. The second-order valence-corrected chi connectivity index (χ2v) is 7.38. The molecule has 1 heterocycles. The first-order valence-corrected chi connectivity index (χ1v) is 7.02. The first-order chi connectivity index (χ1) is 9.40. The maximum absolute atomic E-state index is 12.2. The normalized spacial score (nSPS) is 12.1. The van der Waals surface area contributed by atoms with Gasteiger partial charge in [-0.1, -0.05) is 20.8 Å². The van der Waals surface area contributed by atoms with Crippen LogP contribution < -0.4 is 5.32 Å². The molecule has 0 spiro atoms. The van der Waals surface area contributed by atoms with E-state index >= 15 is 0 Å². The Hall–Kier alpha value is -1.85. The molecule has 1 aromatic rings. The van der Waals surface area contributed by atoms with E-state index < -0.39 is 0 Å². The van der Waals surface area contributed by atoms with E-state index in [0.29, 0.717) is 5.69 Å². The van der Waals surface area contributed by atoms with Crippen molar-refractivity contribution >= 4 is 11.8 Å². The van der Waals surface area contributed by atoms with Gasteiger partial charge < -0.3 is 10.2 Å². The summed E-state index contributed by atoms with van der Waals surface area (Å²) in [6, 6.07) is 1.74. The Morgan fingerprint density at radius 1 is 1.24 bits per heavy atom. The summed E-state index contributed by atoms with van der Waals surface area (Å²) in [6.45, 7) is 11.8. The van der Waals surface area contributed by atoms with Gasteiger partial charge in [-0.25, -0.2) is 0 Å². The summed E-state index contributed by atoms with van der Waals surface area (Å²) in [4.78, 5) is 25.5. The van der Waals surface area contributed by atoms with E-state index in [4.69, 9.17) is 0 Å². The average Bonchev–Trinajstić information content (AvgIpc) is 2.73. The topological polar surface area (TPSA) is 78.1 Å². The molecule has 0 bridgehead atoms. The molecular weight excluding hydrogens is 268 g/mol. The minimum absolute atomic E-state index is 0.00775. The van der Waals surface area contributed by atoms with Crippen molar-refractivity contribution in [2.45, 2.75) is 52.5 Å². The Kier molecular flexibility index (Phi) is 4.81. The lowest BCUT2D eigenvalue weighted by molar-refractivity contribution is -0.122. The Morgan fingerprint density at radius 2 is 1.81 bits per heavy atom. The number of H-pyrrole nitrogens is 1. The van der Waals surface area contributed by atoms with Crippen LogP contribution in [0.1, 0.15) is 57.7 Å². The predicted molar refractivity (Wildman–Crippen MR) is 82.1 cm³/mol. The summed E-state index contributed by atoms with van der Waals surface area (Å²) >= 11 is 0. The molecule has 2 amide bonds. The van der Waals surface area contributed by atoms with Crippen molar-refractivity contribution < 1.29 is 9.59 Å². The molecule has 0 unspecified atom stereocenters. The molecule has 0 radical (unpaired) electrons. The number of rotatable bonds is 3. The SMILES string of the molecule is CN(CC(=O)NC(C)(C)C)C(=O)c1cc(C(C)(C)C)[nH]n1. The van der Waals surface area contributed by atoms with Crippen LogP contribution in [0.4, 0.5) is 0 Å². The summed E-state index contributed by atoms with van der Waals surface area (Å²) < 4.78 is 0. The van der Waals surface area contributed by atoms with Crippen molar-refractivity contribution in [3.05, 3.63) is 17.5 Å². The molecule has 1 aromatic heterocycles. The Morgan fingerprint density at radius 3 is 2.24 bits per heavy atom. The lowest BCUT2D eigenvalue weighted by Crippen LogP contribution is -2.46. The molecule has 1 rings (SSSR count). The zero-order valence-electron chi connectivity index (χ0n) is 14.0. The van der Waals surface area contributed by atoms with Crippen molar-refractivity contribution in [1.29, 1.82) is 0 Å². The van der Waals surface area contributed by atoms with Crippen molar-refractivity contribution in [2.75, 3.05) is 13.6 Å². The van der Waals surface area contributed by atoms with Crippen molar-refractivity contribution in [1.82, 2.24) is 20.4 Å². The summed E-state index contributed by atoms with van der Waals surface area (Å²) in [6.07, 6.45) is 0. The monoisotopic (exact) mass is 294 g/mol. The van der Waals surface area contributed by atoms with Crippen LogP contribution in [0.2, 0.25) is 0 Å². The van der Waals surface area contributed by atoms with Crippen LogP contribution in [0.5, 0.6) is 0 Å². The van der Waals surface area contributed by atoms with E-state index in [9.17, 15) is 9.59 Å². The van der Waals surface area contributed by atoms with Gasteiger partial charge in [0.25, 0.3) is 5.91 Å². The highest BCUT2D eigenvalue weighted by atomic mass is 16.2. The van der Waals surface area contributed by atoms with Crippen LogP contribution in [0.3, 0.4) is 0 Å². The number of carbonyl (C=O) groups excluding carboxylic acids is 2. The van der Waals surface area contributed by atoms with Crippen LogP contribution in [0, 0.1) is 0 Å². The Balaban J connectivity index is 2.71. The number of hydrogen-bond donors (Lipinski definition) is 2. The van der Waals surface area contributed by atoms with Gasteiger partial charge in [0.2, 0.25) is 5.91 Å². The molecule has 21 heavy (non-hydrogen) atoms. The lowest BCUT2D eigenvalue weighted by Gasteiger charge is -2.23. The molecule has 2 N–H and O–H groups in total. The number of likely N-dealkylation sites (N-methyl/N-ethyl adjacent to an activating group) is 1. The third kappa shape index (κ3) is 5.21. The fraction of sp³-hybridized carbons (Fsp3) is 0.667. The van der Waals surface area contributed by atoms with Crippen LogP contribution >= 0.6 is 0 Å². The smallest absolute Gasteiger partial charge is 0.274 e. The number of amides is 2. The van der Waals surface area contributed by atoms with Gasteiger partial charge in [-0.3, -0.25) is 14.7 Å². The molecule has 0 atom stereocenters. The van der Waals surface area contributed by atoms with Gasteiger partial charge in [0.1, 0.15) is 5.69 Å². The zero-order valence-corrected chi connectivity index (χ0v) is 14.0. The first-order valence-electron chi connectivity index (χ1n) is 7.02. The minimum Gasteiger partial charge on any atom is -0.350 e. The molecule has 0 saturated heterocycles. The standard InChI is InChI=1S/C15H26N4O2/c1-14(2,3)11-8-10(17-18-11)13(21)19(7)9-12(20)16-15(4,5)6/h8H,9H2,1-7H3,(H,16,20)(H,17,18). The van der Waals surface area contributed by atoms with Gasteiger partial charge in [0, 0.05) is 23.7 Å². The number of aromatic amines is 1. The highest BCUT2D eigenvalue weighted by Crippen LogP contribution is 2.20. The second-order valence-electron chi connectivity index (χ2n) is 7.38. The number of nitrogens with one attached hydrogen (secondary N) is 2. The Labute approximate surface area is 126 Å². The quantitative estimate of drug-likeness (QED) is 0.890. The van der Waals surface area contributed by atoms with Crippen molar-refractivity contribution in [2.24, 2.45) is 0 Å². The molecule has 0 aromatic carbocycles. The number of aromatic nitrogens is 2. The first kappa shape index (κ1) is 17.2. The molecule has 0 aliphatic rings. The van der Waals surface area contributed by atoms with Gasteiger partial charge in [-0.2, -0.15) is 5.10 Å². The highest BCUT2D eigenvalue weighted by molar-refractivity contribution is 5.94. The molecular formula is C15H26N4O2. The highest BCUT2D eigenvalue weighted by Gasteiger charge is 2.23. The van der Waals surface area contributed by atoms with E-state index in [1.54, 1.807) is 13.1 Å². The second kappa shape index (κ2) is 5.87. The minimum atomic E-state index is -0.313. The van der Waals surface area contributed by atoms with Gasteiger partial charge in [0.15, 0.2) is 0 Å². The van der Waals surface area contributed by atoms with E-state index in [-0.39, 0.29) is 29.3 Å². The zero-order chi connectivity index (χ0) is 16.4. The fourth-order valence-corrected chi connectivity index (χ4v) is 1.76. The molecule has 6 heteroatoms. The molecule has 0 saturated carbocycles. The predicted octanol–water partition coefficient (Wildman–Crippen LogP) is 1.69. The van der Waals surface area contributed by atoms with E-state index in [2.05, 4.69) is 15.5 Å². The van der Waals surface area contributed by atoms with Gasteiger partial charge in [0.05, 0.1) is 6.54 Å². The molecule has 0 aliphatic heterocycles. The largest absolute Gasteiger partial charge is 0.350 e. The molecule has 6 nitrogen and oxygen atoms in total. The van der Waals surface area contributed by atoms with Gasteiger partial charge >= 0.3 is 0 Å².